The molecule has 2 N–H and O–H groups in total. The van der Waals surface area contributed by atoms with Crippen molar-refractivity contribution in [2.45, 2.75) is 18.3 Å². The summed E-state index contributed by atoms with van der Waals surface area (Å²) in [7, 11) is -2.62. The van der Waals surface area contributed by atoms with Crippen LogP contribution in [0.3, 0.4) is 0 Å². The molecule has 0 unspecified atom stereocenters. The molecule has 1 aromatic rings. The first-order valence-electron chi connectivity index (χ1n) is 5.45. The fourth-order valence-electron chi connectivity index (χ4n) is 1.36. The van der Waals surface area contributed by atoms with Gasteiger partial charge in [0, 0.05) is 19.3 Å². The highest BCUT2D eigenvalue weighted by Crippen LogP contribution is 2.21. The molecule has 108 valence electrons. The van der Waals surface area contributed by atoms with E-state index in [2.05, 4.69) is 0 Å². The smallest absolute Gasteiger partial charge is 0.390 e. The van der Waals surface area contributed by atoms with Gasteiger partial charge in [-0.15, -0.1) is 0 Å². The first-order chi connectivity index (χ1) is 8.60. The van der Waals surface area contributed by atoms with Gasteiger partial charge in [0.05, 0.1) is 12.2 Å². The number of sulfonamides is 1. The minimum atomic E-state index is -4.37. The van der Waals surface area contributed by atoms with E-state index in [0.29, 0.717) is 11.3 Å². The van der Waals surface area contributed by atoms with E-state index < -0.39 is 29.2 Å². The maximum Gasteiger partial charge on any atom is 0.390 e. The summed E-state index contributed by atoms with van der Waals surface area (Å²) < 4.78 is 60.5. The van der Waals surface area contributed by atoms with Crippen molar-refractivity contribution in [3.05, 3.63) is 29.8 Å². The number of rotatable bonds is 5. The Morgan fingerprint density at radius 1 is 1.21 bits per heavy atom. The number of nitrogens with zero attached hydrogens (tertiary/aromatic N) is 1. The zero-order valence-electron chi connectivity index (χ0n) is 10.3. The summed E-state index contributed by atoms with van der Waals surface area (Å²) in [6.45, 7) is -0.583. The molecule has 8 heteroatoms. The predicted molar refractivity (Wildman–Crippen MR) is 66.8 cm³/mol. The van der Waals surface area contributed by atoms with Crippen molar-refractivity contribution in [1.82, 2.24) is 4.31 Å². The second-order valence-electron chi connectivity index (χ2n) is 4.18. The molecule has 0 fully saturated rings. The van der Waals surface area contributed by atoms with Gasteiger partial charge in [0.15, 0.2) is 0 Å². The Morgan fingerprint density at radius 3 is 2.21 bits per heavy atom. The van der Waals surface area contributed by atoms with E-state index in [4.69, 9.17) is 5.73 Å². The second-order valence-corrected chi connectivity index (χ2v) is 6.26. The van der Waals surface area contributed by atoms with E-state index in [9.17, 15) is 21.6 Å². The highest BCUT2D eigenvalue weighted by atomic mass is 32.2. The Kier molecular flexibility index (Phi) is 4.81. The zero-order chi connectivity index (χ0) is 14.7. The van der Waals surface area contributed by atoms with Crippen LogP contribution in [0.1, 0.15) is 12.0 Å². The average Bonchev–Trinajstić information content (AvgIpc) is 2.27. The normalized spacial score (nSPS) is 12.9. The van der Waals surface area contributed by atoms with Crippen LogP contribution < -0.4 is 5.73 Å². The van der Waals surface area contributed by atoms with Crippen molar-refractivity contribution in [2.24, 2.45) is 0 Å². The Morgan fingerprint density at radius 2 is 1.74 bits per heavy atom. The number of alkyl halides is 3. The molecule has 0 heterocycles. The van der Waals surface area contributed by atoms with E-state index in [0.717, 1.165) is 11.4 Å². The quantitative estimate of drug-likeness (QED) is 0.845. The van der Waals surface area contributed by atoms with E-state index in [-0.39, 0.29) is 5.75 Å². The minimum absolute atomic E-state index is 0.346. The Hall–Kier alpha value is -1.28. The molecule has 19 heavy (non-hydrogen) atoms. The lowest BCUT2D eigenvalue weighted by molar-refractivity contribution is -0.135. The summed E-state index contributed by atoms with van der Waals surface area (Å²) in [5.41, 5.74) is 6.43. The average molecular weight is 296 g/mol. The summed E-state index contributed by atoms with van der Waals surface area (Å²) >= 11 is 0. The van der Waals surface area contributed by atoms with Gasteiger partial charge in [0.2, 0.25) is 10.0 Å². The number of nitrogens with two attached hydrogens (primary N) is 1. The van der Waals surface area contributed by atoms with Gasteiger partial charge in [0.1, 0.15) is 0 Å². The van der Waals surface area contributed by atoms with Gasteiger partial charge in [-0.25, -0.2) is 12.7 Å². The fraction of sp³-hybridized carbons (Fsp3) is 0.455. The second kappa shape index (κ2) is 5.79. The van der Waals surface area contributed by atoms with Crippen LogP contribution in [0.4, 0.5) is 18.9 Å². The predicted octanol–water partition coefficient (Wildman–Crippen LogP) is 1.98. The van der Waals surface area contributed by atoms with Crippen molar-refractivity contribution < 1.29 is 21.6 Å². The molecule has 0 bridgehead atoms. The van der Waals surface area contributed by atoms with Crippen molar-refractivity contribution in [2.75, 3.05) is 19.3 Å². The molecule has 0 saturated heterocycles. The molecule has 0 amide bonds. The van der Waals surface area contributed by atoms with Crippen molar-refractivity contribution >= 4 is 15.7 Å². The van der Waals surface area contributed by atoms with Crippen LogP contribution in [0.5, 0.6) is 0 Å². The first kappa shape index (κ1) is 15.8. The number of hydrogen-bond acceptors (Lipinski definition) is 3. The van der Waals surface area contributed by atoms with Crippen LogP contribution >= 0.6 is 0 Å². The standard InChI is InChI=1S/C11H15F3N2O2S/c1-16(7-6-11(12,13)14)19(17,18)8-9-2-4-10(15)5-3-9/h2-5H,6-8,15H2,1H3. The van der Waals surface area contributed by atoms with E-state index in [1.54, 1.807) is 12.1 Å². The third-order valence-corrected chi connectivity index (χ3v) is 4.34. The monoisotopic (exact) mass is 296 g/mol. The number of nitrogen functional groups attached to an aromatic ring is 1. The molecule has 0 atom stereocenters. The molecule has 0 aliphatic heterocycles. The largest absolute Gasteiger partial charge is 0.399 e. The van der Waals surface area contributed by atoms with Gasteiger partial charge in [-0.3, -0.25) is 0 Å². The molecule has 0 aliphatic carbocycles. The number of anilines is 1. The SMILES string of the molecule is CN(CCC(F)(F)F)S(=O)(=O)Cc1ccc(N)cc1. The lowest BCUT2D eigenvalue weighted by Gasteiger charge is -2.18. The highest BCUT2D eigenvalue weighted by Gasteiger charge is 2.29. The van der Waals surface area contributed by atoms with E-state index >= 15 is 0 Å². The number of hydrogen-bond donors (Lipinski definition) is 1. The molecule has 0 aliphatic rings. The van der Waals surface area contributed by atoms with Crippen molar-refractivity contribution in [1.29, 1.82) is 0 Å². The minimum Gasteiger partial charge on any atom is -0.399 e. The van der Waals surface area contributed by atoms with E-state index in [1.165, 1.54) is 12.1 Å². The Labute approximate surface area is 110 Å². The van der Waals surface area contributed by atoms with Gasteiger partial charge in [-0.1, -0.05) is 12.1 Å². The molecule has 4 nitrogen and oxygen atoms in total. The van der Waals surface area contributed by atoms with Gasteiger partial charge in [-0.2, -0.15) is 13.2 Å². The van der Waals surface area contributed by atoms with Crippen molar-refractivity contribution in [3.63, 3.8) is 0 Å². The van der Waals surface area contributed by atoms with E-state index in [1.807, 2.05) is 0 Å². The third-order valence-electron chi connectivity index (χ3n) is 2.51. The van der Waals surface area contributed by atoms with Crippen LogP contribution in [0.15, 0.2) is 24.3 Å². The lowest BCUT2D eigenvalue weighted by Crippen LogP contribution is -2.31. The lowest BCUT2D eigenvalue weighted by atomic mass is 10.2. The van der Waals surface area contributed by atoms with Crippen LogP contribution in [0, 0.1) is 0 Å². The van der Waals surface area contributed by atoms with Crippen LogP contribution in [0.25, 0.3) is 0 Å². The van der Waals surface area contributed by atoms with Crippen molar-refractivity contribution in [3.8, 4) is 0 Å². The summed E-state index contributed by atoms with van der Waals surface area (Å²) in [6.07, 6.45) is -5.53. The van der Waals surface area contributed by atoms with Gasteiger partial charge in [-0.05, 0) is 17.7 Å². The summed E-state index contributed by atoms with van der Waals surface area (Å²) in [5, 5.41) is 0. The maximum atomic E-state index is 12.0. The Bertz CT molecular complexity index is 512. The zero-order valence-corrected chi connectivity index (χ0v) is 11.1. The van der Waals surface area contributed by atoms with Crippen LogP contribution in [0.2, 0.25) is 0 Å². The van der Waals surface area contributed by atoms with Crippen LogP contribution in [-0.2, 0) is 15.8 Å². The van der Waals surface area contributed by atoms with Gasteiger partial charge in [0.25, 0.3) is 0 Å². The molecule has 0 saturated carbocycles. The number of benzene rings is 1. The topological polar surface area (TPSA) is 63.4 Å². The third kappa shape index (κ3) is 5.48. The molecule has 0 aromatic heterocycles. The Balaban J connectivity index is 2.67. The maximum absolute atomic E-state index is 12.0. The van der Waals surface area contributed by atoms with Gasteiger partial charge >= 0.3 is 6.18 Å². The molecule has 0 spiro atoms. The summed E-state index contributed by atoms with van der Waals surface area (Å²) in [4.78, 5) is 0. The summed E-state index contributed by atoms with van der Waals surface area (Å²) in [6, 6.07) is 6.15. The fourth-order valence-corrected chi connectivity index (χ4v) is 2.56. The number of halogens is 3. The molecule has 1 aromatic carbocycles. The molecular weight excluding hydrogens is 281 g/mol. The molecule has 0 radical (unpaired) electrons. The first-order valence-corrected chi connectivity index (χ1v) is 7.06. The van der Waals surface area contributed by atoms with Gasteiger partial charge < -0.3 is 5.73 Å². The highest BCUT2D eigenvalue weighted by molar-refractivity contribution is 7.88. The van der Waals surface area contributed by atoms with Crippen LogP contribution in [-0.4, -0.2) is 32.5 Å². The molecule has 1 rings (SSSR count). The molecular formula is C11H15F3N2O2S. The summed E-state index contributed by atoms with van der Waals surface area (Å²) in [5.74, 6) is -0.346.